The van der Waals surface area contributed by atoms with Gasteiger partial charge in [0.05, 0.1) is 24.6 Å². The molecule has 3 rings (SSSR count). The zero-order valence-corrected chi connectivity index (χ0v) is 18.1. The van der Waals surface area contributed by atoms with Crippen LogP contribution in [-0.4, -0.2) is 39.9 Å². The Kier molecular flexibility index (Phi) is 6.77. The van der Waals surface area contributed by atoms with Gasteiger partial charge >= 0.3 is 5.97 Å². The van der Waals surface area contributed by atoms with E-state index in [2.05, 4.69) is 9.55 Å². The van der Waals surface area contributed by atoms with Gasteiger partial charge in [-0.25, -0.2) is 0 Å². The molecule has 0 radical (unpaired) electrons. The van der Waals surface area contributed by atoms with Crippen LogP contribution in [0.5, 0.6) is 5.75 Å². The summed E-state index contributed by atoms with van der Waals surface area (Å²) in [6.07, 6.45) is 3.05. The number of carbonyl (C=O) groups excluding carboxylic acids is 1. The smallest absolute Gasteiger partial charge is 0.306 e. The fourth-order valence-electron chi connectivity index (χ4n) is 3.66. The van der Waals surface area contributed by atoms with Gasteiger partial charge in [0.1, 0.15) is 11.4 Å². The maximum absolute atomic E-state index is 12.3. The molecule has 1 N–H and O–H groups in total. The summed E-state index contributed by atoms with van der Waals surface area (Å²) < 4.78 is 12.9. The lowest BCUT2D eigenvalue weighted by Gasteiger charge is -2.20. The maximum Gasteiger partial charge on any atom is 0.306 e. The van der Waals surface area contributed by atoms with Crippen molar-refractivity contribution in [3.63, 3.8) is 0 Å². The number of fused-ring (bicyclic) bond motifs is 1. The molecule has 2 heterocycles. The Balaban J connectivity index is 1.98. The Labute approximate surface area is 177 Å². The van der Waals surface area contributed by atoms with Crippen molar-refractivity contribution in [2.75, 3.05) is 13.7 Å². The number of hydrogen-bond donors (Lipinski definition) is 1. The van der Waals surface area contributed by atoms with E-state index in [-0.39, 0.29) is 19.0 Å². The second-order valence-electron chi connectivity index (χ2n) is 8.29. The van der Waals surface area contributed by atoms with Crippen molar-refractivity contribution in [2.45, 2.75) is 52.2 Å². The van der Waals surface area contributed by atoms with Crippen LogP contribution in [0, 0.1) is 0 Å². The standard InChI is InChI=1S/C24H30N2O4/c1-24(2,3)30-22(28)12-11-20-19(13-15-27)23-21(6-5-14-25-23)26(20)16-17-7-9-18(29-4)10-8-17/h5-10,14,27H,11-13,15-16H2,1-4H3. The molecule has 6 nitrogen and oxygen atoms in total. The fraction of sp³-hybridized carbons (Fsp3) is 0.417. The molecule has 0 saturated heterocycles. The van der Waals surface area contributed by atoms with Gasteiger partial charge in [0.15, 0.2) is 0 Å². The Morgan fingerprint density at radius 2 is 1.87 bits per heavy atom. The van der Waals surface area contributed by atoms with Gasteiger partial charge in [0, 0.05) is 30.6 Å². The first kappa shape index (κ1) is 21.8. The van der Waals surface area contributed by atoms with E-state index in [0.717, 1.165) is 33.6 Å². The van der Waals surface area contributed by atoms with E-state index in [1.807, 2.05) is 57.2 Å². The second-order valence-corrected chi connectivity index (χ2v) is 8.29. The highest BCUT2D eigenvalue weighted by Crippen LogP contribution is 2.28. The molecule has 0 aliphatic rings. The number of rotatable bonds is 8. The van der Waals surface area contributed by atoms with Crippen LogP contribution in [0.15, 0.2) is 42.6 Å². The van der Waals surface area contributed by atoms with Crippen LogP contribution in [0.1, 0.15) is 44.0 Å². The SMILES string of the molecule is COc1ccc(Cn2c(CCC(=O)OC(C)(C)C)c(CCO)c3ncccc32)cc1. The van der Waals surface area contributed by atoms with Crippen LogP contribution in [0.25, 0.3) is 11.0 Å². The van der Waals surface area contributed by atoms with Crippen LogP contribution >= 0.6 is 0 Å². The summed E-state index contributed by atoms with van der Waals surface area (Å²) in [5, 5.41) is 9.65. The van der Waals surface area contributed by atoms with E-state index in [1.165, 1.54) is 0 Å². The lowest BCUT2D eigenvalue weighted by atomic mass is 10.1. The normalized spacial score (nSPS) is 11.6. The number of esters is 1. The van der Waals surface area contributed by atoms with E-state index in [4.69, 9.17) is 9.47 Å². The molecule has 0 spiro atoms. The number of ether oxygens (including phenoxy) is 2. The number of aromatic nitrogens is 2. The summed E-state index contributed by atoms with van der Waals surface area (Å²) in [6.45, 7) is 6.27. The third kappa shape index (κ3) is 5.19. The zero-order valence-electron chi connectivity index (χ0n) is 18.1. The van der Waals surface area contributed by atoms with Gasteiger partial charge in [0.2, 0.25) is 0 Å². The molecule has 0 aliphatic carbocycles. The van der Waals surface area contributed by atoms with E-state index in [0.29, 0.717) is 19.4 Å². The molecule has 160 valence electrons. The molecular formula is C24H30N2O4. The van der Waals surface area contributed by atoms with E-state index >= 15 is 0 Å². The number of pyridine rings is 1. The summed E-state index contributed by atoms with van der Waals surface area (Å²) in [5.41, 5.74) is 4.48. The molecule has 30 heavy (non-hydrogen) atoms. The highest BCUT2D eigenvalue weighted by atomic mass is 16.6. The number of hydrogen-bond acceptors (Lipinski definition) is 5. The molecule has 2 aromatic heterocycles. The summed E-state index contributed by atoms with van der Waals surface area (Å²) in [5.74, 6) is 0.579. The van der Waals surface area contributed by atoms with Crippen molar-refractivity contribution >= 4 is 17.0 Å². The Bertz CT molecular complexity index is 1000. The van der Waals surface area contributed by atoms with Gasteiger partial charge in [-0.05, 0) is 63.4 Å². The molecule has 0 amide bonds. The Morgan fingerprint density at radius 1 is 1.13 bits per heavy atom. The van der Waals surface area contributed by atoms with Crippen LogP contribution < -0.4 is 4.74 Å². The molecular weight excluding hydrogens is 380 g/mol. The minimum Gasteiger partial charge on any atom is -0.497 e. The van der Waals surface area contributed by atoms with Crippen molar-refractivity contribution in [1.82, 2.24) is 9.55 Å². The van der Waals surface area contributed by atoms with Crippen molar-refractivity contribution in [2.24, 2.45) is 0 Å². The summed E-state index contributed by atoms with van der Waals surface area (Å²) in [6, 6.07) is 11.9. The maximum atomic E-state index is 12.3. The quantitative estimate of drug-likeness (QED) is 0.570. The van der Waals surface area contributed by atoms with Gasteiger partial charge < -0.3 is 19.1 Å². The third-order valence-corrected chi connectivity index (χ3v) is 4.88. The average Bonchev–Trinajstić information content (AvgIpc) is 2.99. The molecule has 0 bridgehead atoms. The Morgan fingerprint density at radius 3 is 2.50 bits per heavy atom. The first-order valence-electron chi connectivity index (χ1n) is 10.2. The fourth-order valence-corrected chi connectivity index (χ4v) is 3.66. The molecule has 0 saturated carbocycles. The molecule has 6 heteroatoms. The topological polar surface area (TPSA) is 73.6 Å². The minimum atomic E-state index is -0.512. The minimum absolute atomic E-state index is 0.0255. The molecule has 0 fully saturated rings. The van der Waals surface area contributed by atoms with Gasteiger partial charge in [-0.1, -0.05) is 12.1 Å². The number of benzene rings is 1. The van der Waals surface area contributed by atoms with E-state index in [1.54, 1.807) is 13.3 Å². The lowest BCUT2D eigenvalue weighted by Crippen LogP contribution is -2.24. The number of aliphatic hydroxyl groups is 1. The molecule has 1 aromatic carbocycles. The van der Waals surface area contributed by atoms with Gasteiger partial charge in [0.25, 0.3) is 0 Å². The summed E-state index contributed by atoms with van der Waals surface area (Å²) in [4.78, 5) is 16.9. The van der Waals surface area contributed by atoms with Gasteiger partial charge in [-0.15, -0.1) is 0 Å². The number of methoxy groups -OCH3 is 1. The Hall–Kier alpha value is -2.86. The number of carbonyl (C=O) groups is 1. The monoisotopic (exact) mass is 410 g/mol. The van der Waals surface area contributed by atoms with Crippen LogP contribution in [0.2, 0.25) is 0 Å². The predicted molar refractivity (Wildman–Crippen MR) is 117 cm³/mol. The first-order valence-corrected chi connectivity index (χ1v) is 10.2. The number of aliphatic hydroxyl groups excluding tert-OH is 1. The second kappa shape index (κ2) is 9.30. The summed E-state index contributed by atoms with van der Waals surface area (Å²) in [7, 11) is 1.65. The van der Waals surface area contributed by atoms with Gasteiger partial charge in [-0.2, -0.15) is 0 Å². The molecule has 3 aromatic rings. The van der Waals surface area contributed by atoms with Crippen LogP contribution in [0.3, 0.4) is 0 Å². The largest absolute Gasteiger partial charge is 0.497 e. The first-order chi connectivity index (χ1) is 14.3. The van der Waals surface area contributed by atoms with E-state index < -0.39 is 5.60 Å². The average molecular weight is 411 g/mol. The predicted octanol–water partition coefficient (Wildman–Crippen LogP) is 3.90. The van der Waals surface area contributed by atoms with E-state index in [9.17, 15) is 9.90 Å². The van der Waals surface area contributed by atoms with Crippen LogP contribution in [0.4, 0.5) is 0 Å². The van der Waals surface area contributed by atoms with Crippen molar-refractivity contribution in [3.05, 3.63) is 59.4 Å². The van der Waals surface area contributed by atoms with Crippen molar-refractivity contribution < 1.29 is 19.4 Å². The van der Waals surface area contributed by atoms with Crippen molar-refractivity contribution in [1.29, 1.82) is 0 Å². The lowest BCUT2D eigenvalue weighted by molar-refractivity contribution is -0.154. The van der Waals surface area contributed by atoms with Crippen LogP contribution in [-0.2, 0) is 28.9 Å². The zero-order chi connectivity index (χ0) is 21.7. The van der Waals surface area contributed by atoms with Gasteiger partial charge in [-0.3, -0.25) is 9.78 Å². The summed E-state index contributed by atoms with van der Waals surface area (Å²) >= 11 is 0. The third-order valence-electron chi connectivity index (χ3n) is 4.88. The highest BCUT2D eigenvalue weighted by molar-refractivity contribution is 5.82. The van der Waals surface area contributed by atoms with Crippen molar-refractivity contribution in [3.8, 4) is 5.75 Å². The highest BCUT2D eigenvalue weighted by Gasteiger charge is 2.21. The molecule has 0 atom stereocenters. The molecule has 0 unspecified atom stereocenters. The molecule has 0 aliphatic heterocycles. The number of nitrogens with zero attached hydrogens (tertiary/aromatic N) is 2.